The van der Waals surface area contributed by atoms with Crippen molar-refractivity contribution >= 4 is 0 Å². The Morgan fingerprint density at radius 3 is 2.56 bits per heavy atom. The molecule has 0 nitrogen and oxygen atoms in total. The minimum atomic E-state index is 0.510. The summed E-state index contributed by atoms with van der Waals surface area (Å²) in [6.07, 6.45) is 8.67. The van der Waals surface area contributed by atoms with Crippen molar-refractivity contribution in [2.45, 2.75) is 59.3 Å². The minimum absolute atomic E-state index is 0.510. The van der Waals surface area contributed by atoms with Gasteiger partial charge < -0.3 is 0 Å². The van der Waals surface area contributed by atoms with E-state index >= 15 is 0 Å². The Bertz CT molecular complexity index is 325. The molecule has 5 rings (SSSR count). The van der Waals surface area contributed by atoms with Gasteiger partial charge in [-0.2, -0.15) is 0 Å². The average molecular weight is 218 g/mol. The van der Waals surface area contributed by atoms with Crippen molar-refractivity contribution in [1.29, 1.82) is 0 Å². The molecule has 0 aromatic carbocycles. The highest BCUT2D eigenvalue weighted by Crippen LogP contribution is 2.65. The van der Waals surface area contributed by atoms with Gasteiger partial charge in [-0.05, 0) is 60.7 Å². The normalized spacial score (nSPS) is 50.2. The lowest BCUT2D eigenvalue weighted by Gasteiger charge is -2.61. The van der Waals surface area contributed by atoms with Gasteiger partial charge in [-0.25, -0.2) is 0 Å². The zero-order chi connectivity index (χ0) is 11.6. The number of hydrogen-bond acceptors (Lipinski definition) is 0. The van der Waals surface area contributed by atoms with Crippen molar-refractivity contribution in [1.82, 2.24) is 0 Å². The molecule has 5 fully saturated rings. The lowest BCUT2D eigenvalue weighted by Crippen LogP contribution is -2.51. The van der Waals surface area contributed by atoms with E-state index in [1.807, 2.05) is 0 Å². The molecular weight excluding hydrogens is 192 g/mol. The van der Waals surface area contributed by atoms with Gasteiger partial charge in [0.1, 0.15) is 0 Å². The monoisotopic (exact) mass is 218 g/mol. The highest BCUT2D eigenvalue weighted by atomic mass is 14.6. The third-order valence-electron chi connectivity index (χ3n) is 6.45. The Morgan fingerprint density at radius 2 is 1.88 bits per heavy atom. The topological polar surface area (TPSA) is 0 Å². The van der Waals surface area contributed by atoms with Crippen molar-refractivity contribution < 1.29 is 0 Å². The van der Waals surface area contributed by atoms with Crippen LogP contribution in [0.3, 0.4) is 0 Å². The third kappa shape index (κ3) is 1.22. The predicted molar refractivity (Wildman–Crippen MR) is 69.2 cm³/mol. The highest BCUT2D eigenvalue weighted by molar-refractivity contribution is 5.24. The summed E-state index contributed by atoms with van der Waals surface area (Å²) >= 11 is 0. The molecule has 0 N–H and O–H groups in total. The van der Waals surface area contributed by atoms with Crippen LogP contribution in [0.2, 0.25) is 0 Å². The maximum Gasteiger partial charge on any atom is -0.00878 e. The van der Waals surface area contributed by atoms with Gasteiger partial charge >= 0.3 is 0 Å². The number of allylic oxidation sites excluding steroid dienone is 1. The van der Waals surface area contributed by atoms with Crippen LogP contribution in [-0.4, -0.2) is 0 Å². The first-order valence-corrected chi connectivity index (χ1v) is 7.14. The molecule has 2 unspecified atom stereocenters. The SMILES string of the molecule is C=C1C2CCC3C[C@H]2C(C)(C)CCC[C@@]13C. The molecule has 0 amide bonds. The zero-order valence-corrected chi connectivity index (χ0v) is 11.2. The van der Waals surface area contributed by atoms with E-state index in [1.54, 1.807) is 5.57 Å². The van der Waals surface area contributed by atoms with Crippen molar-refractivity contribution in [3.63, 3.8) is 0 Å². The Balaban J connectivity index is 2.04. The molecule has 0 radical (unpaired) electrons. The summed E-state index contributed by atoms with van der Waals surface area (Å²) in [6, 6.07) is 0. The van der Waals surface area contributed by atoms with Crippen LogP contribution in [0.25, 0.3) is 0 Å². The van der Waals surface area contributed by atoms with Crippen LogP contribution in [0.1, 0.15) is 59.3 Å². The summed E-state index contributed by atoms with van der Waals surface area (Å²) in [6.45, 7) is 12.0. The summed E-state index contributed by atoms with van der Waals surface area (Å²) in [7, 11) is 0. The lowest BCUT2D eigenvalue weighted by molar-refractivity contribution is -0.0445. The van der Waals surface area contributed by atoms with Crippen molar-refractivity contribution in [2.24, 2.45) is 28.6 Å². The molecule has 0 heteroatoms. The smallest absolute Gasteiger partial charge is 0.00878 e. The Labute approximate surface area is 101 Å². The van der Waals surface area contributed by atoms with E-state index < -0.39 is 0 Å². The second kappa shape index (κ2) is 3.15. The third-order valence-corrected chi connectivity index (χ3v) is 6.45. The first-order valence-electron chi connectivity index (χ1n) is 7.14. The fourth-order valence-electron chi connectivity index (χ4n) is 5.18. The summed E-state index contributed by atoms with van der Waals surface area (Å²) in [5, 5.41) is 0. The molecule has 5 aliphatic rings. The van der Waals surface area contributed by atoms with Gasteiger partial charge in [-0.3, -0.25) is 0 Å². The molecule has 16 heavy (non-hydrogen) atoms. The van der Waals surface area contributed by atoms with Crippen LogP contribution >= 0.6 is 0 Å². The summed E-state index contributed by atoms with van der Waals surface area (Å²) in [5.74, 6) is 2.74. The van der Waals surface area contributed by atoms with Gasteiger partial charge in [0.05, 0.1) is 0 Å². The van der Waals surface area contributed by atoms with Crippen LogP contribution in [-0.2, 0) is 0 Å². The molecule has 90 valence electrons. The second-order valence-corrected chi connectivity index (χ2v) is 7.51. The molecule has 5 aliphatic carbocycles. The quantitative estimate of drug-likeness (QED) is 0.512. The Hall–Kier alpha value is -0.260. The van der Waals surface area contributed by atoms with E-state index in [9.17, 15) is 0 Å². The van der Waals surface area contributed by atoms with Crippen LogP contribution in [0.5, 0.6) is 0 Å². The van der Waals surface area contributed by atoms with Gasteiger partial charge in [-0.1, -0.05) is 39.3 Å². The molecule has 5 saturated carbocycles. The fraction of sp³-hybridized carbons (Fsp3) is 0.875. The van der Waals surface area contributed by atoms with Gasteiger partial charge in [0.15, 0.2) is 0 Å². The standard InChI is InChI=1S/C16H26/c1-11-13-7-6-12-10-14(13)15(2,3)8-5-9-16(11,12)4/h12-14H,1,5-10H2,2-4H3/t12?,13?,14-,16+/m1/s1. The van der Waals surface area contributed by atoms with Crippen LogP contribution < -0.4 is 0 Å². The molecular formula is C16H26. The average Bonchev–Trinajstić information content (AvgIpc) is 2.24. The predicted octanol–water partition coefficient (Wildman–Crippen LogP) is 4.81. The lowest BCUT2D eigenvalue weighted by atomic mass is 9.44. The first-order chi connectivity index (χ1) is 7.45. The largest absolute Gasteiger partial charge is 0.0990 e. The van der Waals surface area contributed by atoms with E-state index in [0.29, 0.717) is 10.8 Å². The number of rotatable bonds is 0. The Morgan fingerprint density at radius 1 is 1.12 bits per heavy atom. The van der Waals surface area contributed by atoms with E-state index in [2.05, 4.69) is 27.4 Å². The zero-order valence-electron chi connectivity index (χ0n) is 11.2. The maximum atomic E-state index is 4.52. The van der Waals surface area contributed by atoms with Gasteiger partial charge in [-0.15, -0.1) is 0 Å². The maximum absolute atomic E-state index is 4.52. The molecule has 0 spiro atoms. The van der Waals surface area contributed by atoms with E-state index in [0.717, 1.165) is 17.8 Å². The van der Waals surface area contributed by atoms with Crippen molar-refractivity contribution in [2.75, 3.05) is 0 Å². The molecule has 0 heterocycles. The molecule has 4 atom stereocenters. The fourth-order valence-corrected chi connectivity index (χ4v) is 5.18. The van der Waals surface area contributed by atoms with E-state index in [1.165, 1.54) is 38.5 Å². The van der Waals surface area contributed by atoms with Crippen LogP contribution in [0, 0.1) is 28.6 Å². The number of hydrogen-bond donors (Lipinski definition) is 0. The van der Waals surface area contributed by atoms with E-state index in [4.69, 9.17) is 0 Å². The minimum Gasteiger partial charge on any atom is -0.0990 e. The van der Waals surface area contributed by atoms with E-state index in [-0.39, 0.29) is 0 Å². The van der Waals surface area contributed by atoms with Crippen LogP contribution in [0.4, 0.5) is 0 Å². The first kappa shape index (κ1) is 10.9. The summed E-state index contributed by atoms with van der Waals surface area (Å²) < 4.78 is 0. The van der Waals surface area contributed by atoms with Gasteiger partial charge in [0, 0.05) is 0 Å². The second-order valence-electron chi connectivity index (χ2n) is 7.51. The van der Waals surface area contributed by atoms with Crippen LogP contribution in [0.15, 0.2) is 12.2 Å². The van der Waals surface area contributed by atoms with Gasteiger partial charge in [0.2, 0.25) is 0 Å². The Kier molecular flexibility index (Phi) is 2.14. The molecule has 4 bridgehead atoms. The summed E-state index contributed by atoms with van der Waals surface area (Å²) in [4.78, 5) is 0. The molecule has 0 aliphatic heterocycles. The molecule has 0 aromatic heterocycles. The summed E-state index contributed by atoms with van der Waals surface area (Å²) in [5.41, 5.74) is 2.71. The highest BCUT2D eigenvalue weighted by Gasteiger charge is 2.55. The number of fused-ring (bicyclic) bond motifs is 4. The molecule has 0 aromatic rings. The van der Waals surface area contributed by atoms with Gasteiger partial charge in [0.25, 0.3) is 0 Å². The van der Waals surface area contributed by atoms with Crippen molar-refractivity contribution in [3.8, 4) is 0 Å². The molecule has 0 saturated heterocycles. The van der Waals surface area contributed by atoms with Crippen molar-refractivity contribution in [3.05, 3.63) is 12.2 Å².